The number of esters is 1. The van der Waals surface area contributed by atoms with E-state index in [1.807, 2.05) is 12.1 Å². The quantitative estimate of drug-likeness (QED) is 0.333. The second kappa shape index (κ2) is 8.27. The minimum atomic E-state index is -4.19. The maximum absolute atomic E-state index is 13.3. The average molecular weight is 414 g/mol. The molecule has 8 nitrogen and oxygen atoms in total. The molecule has 0 aliphatic rings. The Kier molecular flexibility index (Phi) is 5.79. The van der Waals surface area contributed by atoms with Crippen molar-refractivity contribution in [2.45, 2.75) is 11.8 Å². The minimum absolute atomic E-state index is 0.000381. The van der Waals surface area contributed by atoms with Crippen molar-refractivity contribution in [3.63, 3.8) is 0 Å². The van der Waals surface area contributed by atoms with Crippen molar-refractivity contribution >= 4 is 38.1 Å². The molecule has 0 saturated heterocycles. The predicted octanol–water partition coefficient (Wildman–Crippen LogP) is 3.51. The zero-order valence-corrected chi connectivity index (χ0v) is 16.3. The van der Waals surface area contributed by atoms with Gasteiger partial charge in [0.15, 0.2) is 0 Å². The Morgan fingerprint density at radius 2 is 1.76 bits per heavy atom. The largest absolute Gasteiger partial charge is 0.465 e. The van der Waals surface area contributed by atoms with Gasteiger partial charge >= 0.3 is 5.97 Å². The molecule has 0 aliphatic carbocycles. The molecule has 0 N–H and O–H groups in total. The fourth-order valence-corrected chi connectivity index (χ4v) is 4.29. The van der Waals surface area contributed by atoms with Crippen LogP contribution in [0, 0.1) is 10.1 Å². The van der Waals surface area contributed by atoms with Gasteiger partial charge in [0.25, 0.3) is 15.7 Å². The van der Waals surface area contributed by atoms with E-state index >= 15 is 0 Å². The van der Waals surface area contributed by atoms with Crippen LogP contribution in [-0.2, 0) is 19.6 Å². The first-order chi connectivity index (χ1) is 13.8. The van der Waals surface area contributed by atoms with E-state index in [4.69, 9.17) is 4.74 Å². The summed E-state index contributed by atoms with van der Waals surface area (Å²) in [6, 6.07) is 17.0. The molecule has 0 radical (unpaired) electrons. The number of rotatable bonds is 7. The number of nitro benzene ring substituents is 1. The second-order valence-corrected chi connectivity index (χ2v) is 7.96. The highest BCUT2D eigenvalue weighted by atomic mass is 32.2. The molecule has 3 aromatic carbocycles. The number of fused-ring (bicyclic) bond motifs is 1. The fourth-order valence-electron chi connectivity index (χ4n) is 2.86. The third kappa shape index (κ3) is 4.35. The standard InChI is InChI=1S/C20H18N2O6S/c1-2-28-20(23)14-21(17-8-5-9-18(13-17)22(24)25)29(26,27)19-11-10-15-6-3-4-7-16(15)12-19/h3-13H,2,14H2,1H3. The molecule has 3 aromatic rings. The number of carbonyl (C=O) groups excluding carboxylic acids is 1. The van der Waals surface area contributed by atoms with Crippen molar-refractivity contribution in [1.82, 2.24) is 0 Å². The van der Waals surface area contributed by atoms with E-state index in [0.717, 1.165) is 15.8 Å². The van der Waals surface area contributed by atoms with E-state index in [-0.39, 0.29) is 22.9 Å². The lowest BCUT2D eigenvalue weighted by atomic mass is 10.1. The van der Waals surface area contributed by atoms with Gasteiger partial charge < -0.3 is 4.74 Å². The monoisotopic (exact) mass is 414 g/mol. The lowest BCUT2D eigenvalue weighted by Crippen LogP contribution is -2.36. The molecule has 0 spiro atoms. The van der Waals surface area contributed by atoms with Crippen LogP contribution in [-0.4, -0.2) is 32.5 Å². The number of hydrogen-bond acceptors (Lipinski definition) is 6. The Hall–Kier alpha value is -3.46. The smallest absolute Gasteiger partial charge is 0.326 e. The van der Waals surface area contributed by atoms with Gasteiger partial charge in [0, 0.05) is 12.1 Å². The molecule has 0 fully saturated rings. The summed E-state index contributed by atoms with van der Waals surface area (Å²) in [5.41, 5.74) is -0.287. The van der Waals surface area contributed by atoms with Gasteiger partial charge in [-0.1, -0.05) is 36.4 Å². The Bertz CT molecular complexity index is 1180. The van der Waals surface area contributed by atoms with Crippen LogP contribution in [0.2, 0.25) is 0 Å². The van der Waals surface area contributed by atoms with Gasteiger partial charge in [0.2, 0.25) is 0 Å². The predicted molar refractivity (Wildman–Crippen MR) is 108 cm³/mol. The van der Waals surface area contributed by atoms with E-state index in [1.165, 1.54) is 30.3 Å². The number of anilines is 1. The first-order valence-corrected chi connectivity index (χ1v) is 10.2. The van der Waals surface area contributed by atoms with Crippen LogP contribution in [0.25, 0.3) is 10.8 Å². The van der Waals surface area contributed by atoms with Crippen molar-refractivity contribution in [2.24, 2.45) is 0 Å². The van der Waals surface area contributed by atoms with E-state index in [0.29, 0.717) is 5.39 Å². The van der Waals surface area contributed by atoms with Gasteiger partial charge in [-0.05, 0) is 35.9 Å². The molecule has 0 saturated carbocycles. The van der Waals surface area contributed by atoms with Gasteiger partial charge in [0.05, 0.1) is 22.1 Å². The van der Waals surface area contributed by atoms with Crippen LogP contribution in [0.1, 0.15) is 6.92 Å². The number of carbonyl (C=O) groups is 1. The lowest BCUT2D eigenvalue weighted by molar-refractivity contribution is -0.384. The van der Waals surface area contributed by atoms with Crippen molar-refractivity contribution in [1.29, 1.82) is 0 Å². The Morgan fingerprint density at radius 1 is 1.03 bits per heavy atom. The number of nitrogens with zero attached hydrogens (tertiary/aromatic N) is 2. The summed E-state index contributed by atoms with van der Waals surface area (Å²) in [6.07, 6.45) is 0. The van der Waals surface area contributed by atoms with Crippen molar-refractivity contribution < 1.29 is 22.9 Å². The number of sulfonamides is 1. The SMILES string of the molecule is CCOC(=O)CN(c1cccc([N+](=O)[O-])c1)S(=O)(=O)c1ccc2ccccc2c1. The fraction of sp³-hybridized carbons (Fsp3) is 0.150. The van der Waals surface area contributed by atoms with Gasteiger partial charge in [-0.2, -0.15) is 0 Å². The summed E-state index contributed by atoms with van der Waals surface area (Å²) in [5, 5.41) is 12.7. The molecule has 9 heteroatoms. The molecular formula is C20H18N2O6S. The molecule has 0 unspecified atom stereocenters. The highest BCUT2D eigenvalue weighted by molar-refractivity contribution is 7.92. The highest BCUT2D eigenvalue weighted by Crippen LogP contribution is 2.28. The second-order valence-electron chi connectivity index (χ2n) is 6.10. The number of non-ortho nitro benzene ring substituents is 1. The molecule has 150 valence electrons. The van der Waals surface area contributed by atoms with E-state index in [9.17, 15) is 23.3 Å². The Balaban J connectivity index is 2.11. The number of benzene rings is 3. The normalized spacial score (nSPS) is 11.2. The van der Waals surface area contributed by atoms with Crippen molar-refractivity contribution in [2.75, 3.05) is 17.5 Å². The summed E-state index contributed by atoms with van der Waals surface area (Å²) >= 11 is 0. The van der Waals surface area contributed by atoms with Gasteiger partial charge in [-0.15, -0.1) is 0 Å². The maximum Gasteiger partial charge on any atom is 0.326 e. The summed E-state index contributed by atoms with van der Waals surface area (Å²) in [5.74, 6) is -0.761. The van der Waals surface area contributed by atoms with Crippen LogP contribution >= 0.6 is 0 Å². The van der Waals surface area contributed by atoms with Crippen molar-refractivity contribution in [3.8, 4) is 0 Å². The summed E-state index contributed by atoms with van der Waals surface area (Å²) in [6.45, 7) is 1.08. The van der Waals surface area contributed by atoms with E-state index in [2.05, 4.69) is 0 Å². The van der Waals surface area contributed by atoms with Gasteiger partial charge in [0.1, 0.15) is 6.54 Å². The van der Waals surface area contributed by atoms with Crippen molar-refractivity contribution in [3.05, 3.63) is 76.8 Å². The van der Waals surface area contributed by atoms with Gasteiger partial charge in [-0.25, -0.2) is 8.42 Å². The molecule has 0 heterocycles. The average Bonchev–Trinajstić information content (AvgIpc) is 2.71. The number of nitro groups is 1. The summed E-state index contributed by atoms with van der Waals surface area (Å²) < 4.78 is 32.4. The highest BCUT2D eigenvalue weighted by Gasteiger charge is 2.29. The molecule has 3 rings (SSSR count). The maximum atomic E-state index is 13.3. The van der Waals surface area contributed by atoms with E-state index < -0.39 is 27.5 Å². The zero-order valence-electron chi connectivity index (χ0n) is 15.5. The minimum Gasteiger partial charge on any atom is -0.465 e. The zero-order chi connectivity index (χ0) is 21.0. The Morgan fingerprint density at radius 3 is 2.45 bits per heavy atom. The number of ether oxygens (including phenoxy) is 1. The summed E-state index contributed by atoms with van der Waals surface area (Å²) in [4.78, 5) is 22.5. The van der Waals surface area contributed by atoms with Crippen LogP contribution in [0.4, 0.5) is 11.4 Å². The van der Waals surface area contributed by atoms with Crippen LogP contribution in [0.15, 0.2) is 71.6 Å². The molecule has 0 aliphatic heterocycles. The molecule has 0 amide bonds. The third-order valence-corrected chi connectivity index (χ3v) is 5.99. The first kappa shape index (κ1) is 20.3. The summed E-state index contributed by atoms with van der Waals surface area (Å²) in [7, 11) is -4.19. The third-order valence-electron chi connectivity index (χ3n) is 4.22. The lowest BCUT2D eigenvalue weighted by Gasteiger charge is -2.23. The molecule has 0 aromatic heterocycles. The number of hydrogen-bond donors (Lipinski definition) is 0. The van der Waals surface area contributed by atoms with Gasteiger partial charge in [-0.3, -0.25) is 19.2 Å². The van der Waals surface area contributed by atoms with Crippen LogP contribution in [0.5, 0.6) is 0 Å². The molecular weight excluding hydrogens is 396 g/mol. The Labute approximate surface area is 167 Å². The van der Waals surface area contributed by atoms with Crippen LogP contribution < -0.4 is 4.31 Å². The van der Waals surface area contributed by atoms with E-state index in [1.54, 1.807) is 25.1 Å². The first-order valence-electron chi connectivity index (χ1n) is 8.74. The molecule has 29 heavy (non-hydrogen) atoms. The molecule has 0 bridgehead atoms. The topological polar surface area (TPSA) is 107 Å². The van der Waals surface area contributed by atoms with Crippen LogP contribution in [0.3, 0.4) is 0 Å². The molecule has 0 atom stereocenters.